The lowest BCUT2D eigenvalue weighted by molar-refractivity contribution is 0.239. The molecule has 1 aromatic carbocycles. The van der Waals surface area contributed by atoms with Crippen LogP contribution in [0.15, 0.2) is 18.2 Å². The molecule has 1 aliphatic rings. The number of hydrogen-bond donors (Lipinski definition) is 1. The average molecular weight is 293 g/mol. The van der Waals surface area contributed by atoms with Gasteiger partial charge in [0, 0.05) is 29.7 Å². The van der Waals surface area contributed by atoms with Crippen molar-refractivity contribution in [1.82, 2.24) is 10.2 Å². The Labute approximate surface area is 119 Å². The van der Waals surface area contributed by atoms with Gasteiger partial charge in [-0.3, -0.25) is 4.90 Å². The second-order valence-electron chi connectivity index (χ2n) is 4.56. The third-order valence-corrected chi connectivity index (χ3v) is 3.56. The van der Waals surface area contributed by atoms with Gasteiger partial charge in [-0.1, -0.05) is 11.6 Å². The van der Waals surface area contributed by atoms with Gasteiger partial charge in [0.15, 0.2) is 0 Å². The molecule has 5 heteroatoms. The van der Waals surface area contributed by atoms with Gasteiger partial charge in [-0.2, -0.15) is 0 Å². The lowest BCUT2D eigenvalue weighted by Crippen LogP contribution is -2.36. The van der Waals surface area contributed by atoms with Gasteiger partial charge >= 0.3 is 0 Å². The fourth-order valence-electron chi connectivity index (χ4n) is 2.45. The zero-order valence-corrected chi connectivity index (χ0v) is 12.0. The largest absolute Gasteiger partial charge is 0.318 e. The molecule has 1 unspecified atom stereocenters. The van der Waals surface area contributed by atoms with Gasteiger partial charge in [0.25, 0.3) is 0 Å². The van der Waals surface area contributed by atoms with Crippen LogP contribution in [0.1, 0.15) is 18.4 Å². The van der Waals surface area contributed by atoms with Crippen LogP contribution in [0.25, 0.3) is 0 Å². The lowest BCUT2D eigenvalue weighted by atomic mass is 10.1. The molecule has 0 saturated carbocycles. The molecular weight excluding hydrogens is 274 g/mol. The van der Waals surface area contributed by atoms with Crippen LogP contribution >= 0.6 is 24.0 Å². The van der Waals surface area contributed by atoms with Crippen molar-refractivity contribution in [2.45, 2.75) is 25.4 Å². The first-order chi connectivity index (χ1) is 8.20. The van der Waals surface area contributed by atoms with Crippen molar-refractivity contribution < 1.29 is 4.39 Å². The van der Waals surface area contributed by atoms with E-state index in [1.165, 1.54) is 18.9 Å². The van der Waals surface area contributed by atoms with Crippen molar-refractivity contribution in [3.05, 3.63) is 34.6 Å². The summed E-state index contributed by atoms with van der Waals surface area (Å²) in [4.78, 5) is 2.32. The Kier molecular flexibility index (Phi) is 6.36. The smallest absolute Gasteiger partial charge is 0.127 e. The molecular formula is C13H19Cl2FN2. The summed E-state index contributed by atoms with van der Waals surface area (Å²) in [7, 11) is 1.95. The molecule has 0 bridgehead atoms. The van der Waals surface area contributed by atoms with Crippen molar-refractivity contribution in [3.8, 4) is 0 Å². The molecule has 2 rings (SSSR count). The molecule has 0 amide bonds. The molecule has 1 atom stereocenters. The number of nitrogens with zero attached hydrogens (tertiary/aromatic N) is 1. The van der Waals surface area contributed by atoms with E-state index in [0.29, 0.717) is 23.2 Å². The molecule has 0 aliphatic carbocycles. The van der Waals surface area contributed by atoms with Crippen LogP contribution in [0.4, 0.5) is 4.39 Å². The van der Waals surface area contributed by atoms with Crippen LogP contribution in [0, 0.1) is 5.82 Å². The molecule has 18 heavy (non-hydrogen) atoms. The third kappa shape index (κ3) is 3.82. The minimum Gasteiger partial charge on any atom is -0.318 e. The zero-order chi connectivity index (χ0) is 12.3. The van der Waals surface area contributed by atoms with Crippen LogP contribution in [-0.4, -0.2) is 31.1 Å². The quantitative estimate of drug-likeness (QED) is 0.917. The van der Waals surface area contributed by atoms with E-state index in [1.54, 1.807) is 12.1 Å². The number of likely N-dealkylation sites (N-methyl/N-ethyl adjacent to an activating group) is 1. The van der Waals surface area contributed by atoms with Gasteiger partial charge in [0.2, 0.25) is 0 Å². The van der Waals surface area contributed by atoms with E-state index in [1.807, 2.05) is 7.05 Å². The van der Waals surface area contributed by atoms with E-state index in [4.69, 9.17) is 11.6 Å². The second-order valence-corrected chi connectivity index (χ2v) is 5.00. The molecule has 0 spiro atoms. The summed E-state index contributed by atoms with van der Waals surface area (Å²) >= 11 is 5.90. The Hall–Kier alpha value is -0.350. The number of likely N-dealkylation sites (tertiary alicyclic amines) is 1. The van der Waals surface area contributed by atoms with E-state index in [2.05, 4.69) is 10.2 Å². The predicted octanol–water partition coefficient (Wildman–Crippen LogP) is 3.08. The first kappa shape index (κ1) is 15.7. The van der Waals surface area contributed by atoms with Crippen LogP contribution in [0.2, 0.25) is 5.02 Å². The highest BCUT2D eigenvalue weighted by Gasteiger charge is 2.24. The van der Waals surface area contributed by atoms with E-state index in [-0.39, 0.29) is 18.2 Å². The second kappa shape index (κ2) is 7.29. The van der Waals surface area contributed by atoms with Gasteiger partial charge in [0.1, 0.15) is 5.82 Å². The Bertz CT molecular complexity index is 387. The molecule has 1 aromatic rings. The summed E-state index contributed by atoms with van der Waals surface area (Å²) in [5, 5.41) is 3.79. The molecule has 0 radical (unpaired) electrons. The highest BCUT2D eigenvalue weighted by Crippen LogP contribution is 2.22. The maximum absolute atomic E-state index is 13.6. The molecule has 1 aliphatic heterocycles. The first-order valence-corrected chi connectivity index (χ1v) is 6.41. The minimum absolute atomic E-state index is 0. The summed E-state index contributed by atoms with van der Waals surface area (Å²) in [5.41, 5.74) is 0.695. The number of nitrogens with one attached hydrogen (secondary N) is 1. The normalized spacial score (nSPS) is 19.8. The fourth-order valence-corrected chi connectivity index (χ4v) is 2.65. The van der Waals surface area contributed by atoms with Gasteiger partial charge in [-0.25, -0.2) is 4.39 Å². The maximum atomic E-state index is 13.6. The molecule has 1 fully saturated rings. The molecule has 1 heterocycles. The SMILES string of the molecule is CNCC1CCCN1Cc1cc(Cl)ccc1F.Cl. The van der Waals surface area contributed by atoms with Crippen LogP contribution < -0.4 is 5.32 Å². The molecule has 1 N–H and O–H groups in total. The molecule has 0 aromatic heterocycles. The van der Waals surface area contributed by atoms with Crippen LogP contribution in [0.5, 0.6) is 0 Å². The van der Waals surface area contributed by atoms with Crippen molar-refractivity contribution in [1.29, 1.82) is 0 Å². The molecule has 1 saturated heterocycles. The Balaban J connectivity index is 0.00000162. The number of hydrogen-bond acceptors (Lipinski definition) is 2. The van der Waals surface area contributed by atoms with E-state index >= 15 is 0 Å². The van der Waals surface area contributed by atoms with Gasteiger partial charge in [-0.05, 0) is 44.6 Å². The monoisotopic (exact) mass is 292 g/mol. The zero-order valence-electron chi connectivity index (χ0n) is 10.5. The maximum Gasteiger partial charge on any atom is 0.127 e. The molecule has 2 nitrogen and oxygen atoms in total. The fraction of sp³-hybridized carbons (Fsp3) is 0.538. The van der Waals surface area contributed by atoms with Gasteiger partial charge < -0.3 is 5.32 Å². The lowest BCUT2D eigenvalue weighted by Gasteiger charge is -2.24. The Morgan fingerprint density at radius 1 is 1.50 bits per heavy atom. The summed E-state index contributed by atoms with van der Waals surface area (Å²) in [5.74, 6) is -0.162. The van der Waals surface area contributed by atoms with Crippen LogP contribution in [0.3, 0.4) is 0 Å². The third-order valence-electron chi connectivity index (χ3n) is 3.32. The van der Waals surface area contributed by atoms with Gasteiger partial charge in [0.05, 0.1) is 0 Å². The van der Waals surface area contributed by atoms with Crippen molar-refractivity contribution in [3.63, 3.8) is 0 Å². The summed E-state index contributed by atoms with van der Waals surface area (Å²) in [6.45, 7) is 2.65. The predicted molar refractivity (Wildman–Crippen MR) is 76.0 cm³/mol. The molecule has 102 valence electrons. The van der Waals surface area contributed by atoms with E-state index in [0.717, 1.165) is 13.1 Å². The van der Waals surface area contributed by atoms with Gasteiger partial charge in [-0.15, -0.1) is 12.4 Å². The summed E-state index contributed by atoms with van der Waals surface area (Å²) in [6.07, 6.45) is 2.37. The van der Waals surface area contributed by atoms with Crippen molar-refractivity contribution in [2.24, 2.45) is 0 Å². The standard InChI is InChI=1S/C13H18ClFN2.ClH/c1-16-8-12-3-2-6-17(12)9-10-7-11(14)4-5-13(10)15;/h4-5,7,12,16H,2-3,6,8-9H2,1H3;1H. The highest BCUT2D eigenvalue weighted by atomic mass is 35.5. The summed E-state index contributed by atoms with van der Waals surface area (Å²) < 4.78 is 13.6. The average Bonchev–Trinajstić information content (AvgIpc) is 2.72. The van der Waals surface area contributed by atoms with Crippen LogP contribution in [-0.2, 0) is 6.54 Å². The number of rotatable bonds is 4. The first-order valence-electron chi connectivity index (χ1n) is 6.03. The minimum atomic E-state index is -0.162. The number of benzene rings is 1. The summed E-state index contributed by atoms with van der Waals surface area (Å²) in [6, 6.07) is 5.28. The Morgan fingerprint density at radius 3 is 3.00 bits per heavy atom. The highest BCUT2D eigenvalue weighted by molar-refractivity contribution is 6.30. The number of halogens is 3. The van der Waals surface area contributed by atoms with E-state index in [9.17, 15) is 4.39 Å². The topological polar surface area (TPSA) is 15.3 Å². The van der Waals surface area contributed by atoms with Crippen molar-refractivity contribution in [2.75, 3.05) is 20.1 Å². The Morgan fingerprint density at radius 2 is 2.28 bits per heavy atom. The van der Waals surface area contributed by atoms with E-state index < -0.39 is 0 Å². The van der Waals surface area contributed by atoms with Crippen molar-refractivity contribution >= 4 is 24.0 Å².